The number of hydrogen-bond acceptors (Lipinski definition) is 6. The molecule has 0 aromatic heterocycles. The van der Waals surface area contributed by atoms with Gasteiger partial charge >= 0.3 is 0 Å². The van der Waals surface area contributed by atoms with Crippen LogP contribution in [0.3, 0.4) is 0 Å². The molecule has 1 atom stereocenters. The van der Waals surface area contributed by atoms with E-state index in [4.69, 9.17) is 14.9 Å². The third kappa shape index (κ3) is 5.36. The van der Waals surface area contributed by atoms with E-state index in [1.54, 1.807) is 18.2 Å². The summed E-state index contributed by atoms with van der Waals surface area (Å²) in [4.78, 5) is 24.6. The molecule has 1 aliphatic carbocycles. The number of aliphatic hydroxyl groups excluding tert-OH is 2. The minimum Gasteiger partial charge on any atom is -0.489 e. The lowest BCUT2D eigenvalue weighted by molar-refractivity contribution is -0.122. The van der Waals surface area contributed by atoms with Gasteiger partial charge in [-0.2, -0.15) is 0 Å². The summed E-state index contributed by atoms with van der Waals surface area (Å²) in [5.41, 5.74) is 1.24. The highest BCUT2D eigenvalue weighted by Crippen LogP contribution is 2.30. The first-order valence-corrected chi connectivity index (χ1v) is 9.94. The van der Waals surface area contributed by atoms with Crippen LogP contribution in [0.2, 0.25) is 0 Å². The highest BCUT2D eigenvalue weighted by atomic mass is 16.5. The summed E-state index contributed by atoms with van der Waals surface area (Å²) in [5.74, 6) is 0.267. The number of ether oxygens (including phenoxy) is 1. The van der Waals surface area contributed by atoms with E-state index in [0.717, 1.165) is 25.7 Å². The lowest BCUT2D eigenvalue weighted by atomic mass is 9.95. The summed E-state index contributed by atoms with van der Waals surface area (Å²) < 4.78 is 5.71. The quantitative estimate of drug-likeness (QED) is 0.469. The standard InChI is InChI=1S/C20H29N3O5/c24-10-16(11-25)22-19(26)9-15-12-28-18-7-6-13(8-17(18)21-15)20(27)23-14-4-2-1-3-5-14/h6-8,14-16,21,24-25H,1-5,9-12H2,(H,22,26)(H,23,27). The molecule has 8 nitrogen and oxygen atoms in total. The van der Waals surface area contributed by atoms with Crippen molar-refractivity contribution in [1.29, 1.82) is 0 Å². The average Bonchev–Trinajstić information content (AvgIpc) is 2.72. The van der Waals surface area contributed by atoms with Crippen LogP contribution in [0.1, 0.15) is 48.9 Å². The summed E-state index contributed by atoms with van der Waals surface area (Å²) in [6.07, 6.45) is 5.73. The Balaban J connectivity index is 1.58. The molecule has 1 aromatic carbocycles. The van der Waals surface area contributed by atoms with Crippen molar-refractivity contribution in [3.8, 4) is 5.75 Å². The number of nitrogens with one attached hydrogen (secondary N) is 3. The number of hydrogen-bond donors (Lipinski definition) is 5. The molecule has 1 unspecified atom stereocenters. The van der Waals surface area contributed by atoms with E-state index in [1.165, 1.54) is 6.42 Å². The summed E-state index contributed by atoms with van der Waals surface area (Å²) in [6, 6.07) is 4.58. The van der Waals surface area contributed by atoms with Gasteiger partial charge in [-0.25, -0.2) is 0 Å². The molecule has 0 radical (unpaired) electrons. The topological polar surface area (TPSA) is 120 Å². The molecule has 0 saturated heterocycles. The van der Waals surface area contributed by atoms with Gasteiger partial charge in [-0.05, 0) is 31.0 Å². The van der Waals surface area contributed by atoms with Gasteiger partial charge in [0.25, 0.3) is 5.91 Å². The molecule has 0 spiro atoms. The Bertz CT molecular complexity index is 686. The second kappa shape index (κ2) is 9.75. The highest BCUT2D eigenvalue weighted by molar-refractivity contribution is 5.96. The first-order valence-electron chi connectivity index (χ1n) is 9.94. The van der Waals surface area contributed by atoms with E-state index in [9.17, 15) is 9.59 Å². The summed E-state index contributed by atoms with van der Waals surface area (Å²) in [5, 5.41) is 27.0. The van der Waals surface area contributed by atoms with Crippen molar-refractivity contribution < 1.29 is 24.5 Å². The zero-order valence-corrected chi connectivity index (χ0v) is 15.9. The summed E-state index contributed by atoms with van der Waals surface area (Å²) >= 11 is 0. The zero-order chi connectivity index (χ0) is 19.9. The highest BCUT2D eigenvalue weighted by Gasteiger charge is 2.24. The first-order chi connectivity index (χ1) is 13.6. The monoisotopic (exact) mass is 391 g/mol. The van der Waals surface area contributed by atoms with Gasteiger partial charge in [0.2, 0.25) is 5.91 Å². The SMILES string of the molecule is O=C(CC1COc2ccc(C(=O)NC3CCCCC3)cc2N1)NC(CO)CO. The van der Waals surface area contributed by atoms with Gasteiger partial charge in [0, 0.05) is 11.6 Å². The van der Waals surface area contributed by atoms with Crippen molar-refractivity contribution in [3.63, 3.8) is 0 Å². The van der Waals surface area contributed by atoms with Crippen molar-refractivity contribution in [2.45, 2.75) is 56.7 Å². The van der Waals surface area contributed by atoms with Crippen LogP contribution in [0.25, 0.3) is 0 Å². The molecule has 0 bridgehead atoms. The molecule has 8 heteroatoms. The van der Waals surface area contributed by atoms with Gasteiger partial charge in [-0.1, -0.05) is 19.3 Å². The van der Waals surface area contributed by atoms with Gasteiger partial charge in [0.1, 0.15) is 12.4 Å². The largest absolute Gasteiger partial charge is 0.489 e. The third-order valence-electron chi connectivity index (χ3n) is 5.22. The Morgan fingerprint density at radius 1 is 1.18 bits per heavy atom. The number of fused-ring (bicyclic) bond motifs is 1. The second-order valence-electron chi connectivity index (χ2n) is 7.51. The maximum absolute atomic E-state index is 12.6. The van der Waals surface area contributed by atoms with E-state index < -0.39 is 6.04 Å². The molecule has 1 heterocycles. The van der Waals surface area contributed by atoms with Crippen LogP contribution in [0, 0.1) is 0 Å². The normalized spacial score (nSPS) is 19.3. The number of aliphatic hydroxyl groups is 2. The van der Waals surface area contributed by atoms with Gasteiger partial charge in [0.15, 0.2) is 0 Å². The number of anilines is 1. The second-order valence-corrected chi connectivity index (χ2v) is 7.51. The fourth-order valence-electron chi connectivity index (χ4n) is 3.65. The summed E-state index contributed by atoms with van der Waals surface area (Å²) in [6.45, 7) is -0.324. The number of benzene rings is 1. The van der Waals surface area contributed by atoms with Crippen LogP contribution in [-0.2, 0) is 4.79 Å². The predicted octanol–water partition coefficient (Wildman–Crippen LogP) is 0.781. The van der Waals surface area contributed by atoms with E-state index in [2.05, 4.69) is 16.0 Å². The molecule has 3 rings (SSSR count). The third-order valence-corrected chi connectivity index (χ3v) is 5.22. The number of rotatable bonds is 7. The van der Waals surface area contributed by atoms with E-state index in [1.807, 2.05) is 0 Å². The van der Waals surface area contributed by atoms with Crippen molar-refractivity contribution in [1.82, 2.24) is 10.6 Å². The molecule has 2 amide bonds. The van der Waals surface area contributed by atoms with Gasteiger partial charge in [-0.3, -0.25) is 9.59 Å². The molecule has 1 saturated carbocycles. The lowest BCUT2D eigenvalue weighted by Crippen LogP contribution is -2.43. The molecular weight excluding hydrogens is 362 g/mol. The Morgan fingerprint density at radius 3 is 2.64 bits per heavy atom. The fraction of sp³-hybridized carbons (Fsp3) is 0.600. The van der Waals surface area contributed by atoms with Crippen LogP contribution in [0.4, 0.5) is 5.69 Å². The van der Waals surface area contributed by atoms with Crippen LogP contribution in [-0.4, -0.2) is 60.0 Å². The fourth-order valence-corrected chi connectivity index (χ4v) is 3.65. The van der Waals surface area contributed by atoms with Crippen LogP contribution < -0.4 is 20.7 Å². The molecular formula is C20H29N3O5. The smallest absolute Gasteiger partial charge is 0.251 e. The van der Waals surface area contributed by atoms with Crippen molar-refractivity contribution in [3.05, 3.63) is 23.8 Å². The average molecular weight is 391 g/mol. The maximum Gasteiger partial charge on any atom is 0.251 e. The molecule has 154 valence electrons. The van der Waals surface area contributed by atoms with E-state index >= 15 is 0 Å². The van der Waals surface area contributed by atoms with E-state index in [-0.39, 0.29) is 43.5 Å². The molecule has 5 N–H and O–H groups in total. The zero-order valence-electron chi connectivity index (χ0n) is 15.9. The summed E-state index contributed by atoms with van der Waals surface area (Å²) in [7, 11) is 0. The first kappa shape index (κ1) is 20.4. The minimum absolute atomic E-state index is 0.0925. The van der Waals surface area contributed by atoms with E-state index in [0.29, 0.717) is 23.6 Å². The minimum atomic E-state index is -0.667. The Labute approximate surface area is 164 Å². The molecule has 28 heavy (non-hydrogen) atoms. The maximum atomic E-state index is 12.6. The van der Waals surface area contributed by atoms with Crippen LogP contribution in [0.15, 0.2) is 18.2 Å². The number of amides is 2. The Morgan fingerprint density at radius 2 is 1.93 bits per heavy atom. The van der Waals surface area contributed by atoms with Gasteiger partial charge in [-0.15, -0.1) is 0 Å². The number of carbonyl (C=O) groups is 2. The molecule has 1 aliphatic heterocycles. The van der Waals surface area contributed by atoms with Crippen molar-refractivity contribution in [2.75, 3.05) is 25.1 Å². The number of carbonyl (C=O) groups excluding carboxylic acids is 2. The Hall–Kier alpha value is -2.32. The van der Waals surface area contributed by atoms with Gasteiger partial charge in [0.05, 0.1) is 37.4 Å². The molecule has 1 aromatic rings. The van der Waals surface area contributed by atoms with Gasteiger partial charge < -0.3 is 30.9 Å². The van der Waals surface area contributed by atoms with Crippen LogP contribution >= 0.6 is 0 Å². The van der Waals surface area contributed by atoms with Crippen LogP contribution in [0.5, 0.6) is 5.75 Å². The molecule has 1 fully saturated rings. The van der Waals surface area contributed by atoms with Crippen molar-refractivity contribution >= 4 is 17.5 Å². The predicted molar refractivity (Wildman–Crippen MR) is 104 cm³/mol. The Kier molecular flexibility index (Phi) is 7.11. The molecule has 2 aliphatic rings. The lowest BCUT2D eigenvalue weighted by Gasteiger charge is -2.28. The van der Waals surface area contributed by atoms with Crippen molar-refractivity contribution in [2.24, 2.45) is 0 Å².